The fourth-order valence-corrected chi connectivity index (χ4v) is 11.0. The maximum atomic E-state index is 14.3. The molecule has 2 fully saturated rings. The predicted octanol–water partition coefficient (Wildman–Crippen LogP) is 8.46. The SMILES string of the molecule is CCn1c(=O)c(-c2ccc(-c3cncc(C)n3)cc2Cl)cc2cnc(NC3CCC(CCN(C)C)CC3[n+]3cc(C)nc(-c4ccc(-c5cc6cnc(N[C@H]7CCCNC7=O)nc6n(CC)c5=O)c(Cl)c4)c3)nc21. The maximum absolute atomic E-state index is 14.3. The Bertz CT molecular complexity index is 3580. The lowest BCUT2D eigenvalue weighted by Gasteiger charge is -2.33. The first-order valence-corrected chi connectivity index (χ1v) is 26.1. The molecule has 1 saturated heterocycles. The summed E-state index contributed by atoms with van der Waals surface area (Å²) >= 11 is 14.0. The van der Waals surface area contributed by atoms with Crippen LogP contribution in [0.2, 0.25) is 10.0 Å². The Labute approximate surface area is 438 Å². The van der Waals surface area contributed by atoms with Gasteiger partial charge in [0.1, 0.15) is 28.7 Å². The van der Waals surface area contributed by atoms with E-state index in [1.54, 1.807) is 40.0 Å². The van der Waals surface area contributed by atoms with Crippen molar-refractivity contribution in [3.05, 3.63) is 128 Å². The lowest BCUT2D eigenvalue weighted by Crippen LogP contribution is -2.52. The molecule has 1 aliphatic carbocycles. The van der Waals surface area contributed by atoms with Crippen molar-refractivity contribution in [1.29, 1.82) is 0 Å². The van der Waals surface area contributed by atoms with Gasteiger partial charge in [-0.15, -0.1) is 0 Å². The summed E-state index contributed by atoms with van der Waals surface area (Å²) in [5.41, 5.74) is 7.33. The van der Waals surface area contributed by atoms with Crippen molar-refractivity contribution in [1.82, 2.24) is 54.2 Å². The minimum atomic E-state index is -0.439. The van der Waals surface area contributed by atoms with Crippen LogP contribution in [0.4, 0.5) is 11.9 Å². The molecule has 4 atom stereocenters. The summed E-state index contributed by atoms with van der Waals surface area (Å²) in [6.45, 7) is 10.1. The highest BCUT2D eigenvalue weighted by Gasteiger charge is 2.38. The third kappa shape index (κ3) is 10.3. The normalized spacial score (nSPS) is 18.0. The number of rotatable bonds is 14. The molecule has 0 radical (unpaired) electrons. The summed E-state index contributed by atoms with van der Waals surface area (Å²) < 4.78 is 5.55. The summed E-state index contributed by atoms with van der Waals surface area (Å²) in [5.74, 6) is 1.12. The van der Waals surface area contributed by atoms with Crippen LogP contribution in [0.3, 0.4) is 0 Å². The molecule has 3 unspecified atom stereocenters. The number of benzene rings is 2. The molecule has 2 aromatic carbocycles. The van der Waals surface area contributed by atoms with Gasteiger partial charge in [0, 0.05) is 98.8 Å². The zero-order chi connectivity index (χ0) is 51.8. The van der Waals surface area contributed by atoms with Crippen LogP contribution in [0.25, 0.3) is 66.8 Å². The Morgan fingerprint density at radius 2 is 1.31 bits per heavy atom. The van der Waals surface area contributed by atoms with Crippen molar-refractivity contribution in [2.75, 3.05) is 37.8 Å². The van der Waals surface area contributed by atoms with Gasteiger partial charge in [0.2, 0.25) is 17.8 Å². The van der Waals surface area contributed by atoms with Gasteiger partial charge in [-0.1, -0.05) is 47.5 Å². The zero-order valence-corrected chi connectivity index (χ0v) is 43.9. The van der Waals surface area contributed by atoms with Gasteiger partial charge >= 0.3 is 0 Å². The van der Waals surface area contributed by atoms with Crippen LogP contribution in [0.15, 0.2) is 95.3 Å². The molecular formula is C55H59Cl2N14O3+. The third-order valence-electron chi connectivity index (χ3n) is 14.3. The van der Waals surface area contributed by atoms with Crippen LogP contribution in [0.5, 0.6) is 0 Å². The molecule has 3 N–H and O–H groups in total. The van der Waals surface area contributed by atoms with Gasteiger partial charge < -0.3 is 20.9 Å². The van der Waals surface area contributed by atoms with Crippen molar-refractivity contribution < 1.29 is 9.36 Å². The zero-order valence-electron chi connectivity index (χ0n) is 42.4. The lowest BCUT2D eigenvalue weighted by atomic mass is 9.80. The topological polar surface area (TPSA) is 195 Å². The lowest BCUT2D eigenvalue weighted by molar-refractivity contribution is -0.727. The van der Waals surface area contributed by atoms with E-state index in [1.807, 2.05) is 70.2 Å². The molecule has 1 aliphatic heterocycles. The van der Waals surface area contributed by atoms with Crippen molar-refractivity contribution >= 4 is 63.1 Å². The first kappa shape index (κ1) is 50.3. The van der Waals surface area contributed by atoms with E-state index in [0.717, 1.165) is 66.9 Å². The van der Waals surface area contributed by atoms with Crippen molar-refractivity contribution in [2.24, 2.45) is 5.92 Å². The number of piperidine rings is 1. The van der Waals surface area contributed by atoms with Crippen molar-refractivity contribution in [2.45, 2.75) is 97.4 Å². The molecule has 74 heavy (non-hydrogen) atoms. The van der Waals surface area contributed by atoms with Crippen molar-refractivity contribution in [3.63, 3.8) is 0 Å². The van der Waals surface area contributed by atoms with Crippen molar-refractivity contribution in [3.8, 4) is 44.8 Å². The quantitative estimate of drug-likeness (QED) is 0.0879. The number of aryl methyl sites for hydroxylation is 4. The van der Waals surface area contributed by atoms with Crippen LogP contribution in [-0.2, 0) is 17.9 Å². The number of nitrogens with zero attached hydrogens (tertiary/aromatic N) is 11. The van der Waals surface area contributed by atoms with Gasteiger partial charge in [-0.3, -0.25) is 28.5 Å². The van der Waals surface area contributed by atoms with E-state index >= 15 is 0 Å². The number of aromatic nitrogens is 10. The molecule has 17 nitrogen and oxygen atoms in total. The molecule has 1 saturated carbocycles. The molecule has 6 aromatic heterocycles. The molecule has 1 amide bonds. The Balaban J connectivity index is 0.940. The highest BCUT2D eigenvalue weighted by atomic mass is 35.5. The van der Waals surface area contributed by atoms with Gasteiger partial charge in [-0.25, -0.2) is 19.9 Å². The highest BCUT2D eigenvalue weighted by Crippen LogP contribution is 2.36. The molecule has 10 rings (SSSR count). The van der Waals surface area contributed by atoms with Crippen LogP contribution in [0, 0.1) is 19.8 Å². The second-order valence-electron chi connectivity index (χ2n) is 19.7. The number of hydrogen-bond acceptors (Lipinski definition) is 13. The van der Waals surface area contributed by atoms with E-state index in [2.05, 4.69) is 71.8 Å². The monoisotopic (exact) mass is 1030 g/mol. The second-order valence-corrected chi connectivity index (χ2v) is 20.5. The van der Waals surface area contributed by atoms with E-state index in [0.29, 0.717) is 104 Å². The summed E-state index contributed by atoms with van der Waals surface area (Å²) in [6, 6.07) is 14.4. The molecule has 0 spiro atoms. The first-order chi connectivity index (χ1) is 35.7. The molecule has 8 aromatic rings. The molecular weight excluding hydrogens is 976 g/mol. The third-order valence-corrected chi connectivity index (χ3v) is 14.9. The summed E-state index contributed by atoms with van der Waals surface area (Å²) in [7, 11) is 4.22. The average Bonchev–Trinajstić information content (AvgIpc) is 3.39. The van der Waals surface area contributed by atoms with E-state index in [1.165, 1.54) is 0 Å². The summed E-state index contributed by atoms with van der Waals surface area (Å²) in [4.78, 5) is 76.0. The Hall–Kier alpha value is -7.21. The van der Waals surface area contributed by atoms with Gasteiger partial charge in [0.25, 0.3) is 11.1 Å². The Kier molecular flexibility index (Phi) is 14.5. The average molecular weight is 1040 g/mol. The maximum Gasteiger partial charge on any atom is 0.260 e. The minimum absolute atomic E-state index is 0.0000831. The minimum Gasteiger partial charge on any atom is -0.354 e. The van der Waals surface area contributed by atoms with E-state index in [4.69, 9.17) is 38.2 Å². The standard InChI is InChI=1S/C55H58Cl2N14O3/c1-7-70-49-36(21-40(52(70)73)38-14-12-34(23-42(38)56)46-28-58-25-31(3)62-46)26-60-54(66-49)64-44-16-11-33(17-19-68(5)6)20-48(44)69-29-32(4)63-47(30-69)35-13-15-39(43(57)24-35)41-22-37-27-61-55(65-45-10-9-18-59-51(45)72)67-50(37)71(8-2)53(41)74/h12-15,21-30,33,44-45,48H,7-11,16-20H2,1-6H3,(H2-,59,60,61,62,63,64,65,66,67,72,73,74)/p+1/t33?,44?,45-,48?/m0/s1. The van der Waals surface area contributed by atoms with E-state index in [9.17, 15) is 14.4 Å². The number of fused-ring (bicyclic) bond motifs is 2. The van der Waals surface area contributed by atoms with Gasteiger partial charge in [0.05, 0.1) is 23.6 Å². The van der Waals surface area contributed by atoms with Crippen LogP contribution in [0.1, 0.15) is 69.8 Å². The van der Waals surface area contributed by atoms with Crippen LogP contribution >= 0.6 is 23.2 Å². The molecule has 7 heterocycles. The number of carbonyl (C=O) groups excluding carboxylic acids is 1. The molecule has 2 aliphatic rings. The molecule has 380 valence electrons. The van der Waals surface area contributed by atoms with Crippen LogP contribution in [-0.4, -0.2) is 94.1 Å². The Morgan fingerprint density at radius 1 is 0.703 bits per heavy atom. The summed E-state index contributed by atoms with van der Waals surface area (Å²) in [5, 5.41) is 12.0. The summed E-state index contributed by atoms with van der Waals surface area (Å²) in [6.07, 6.45) is 16.4. The van der Waals surface area contributed by atoms with Gasteiger partial charge in [0.15, 0.2) is 18.4 Å². The predicted molar refractivity (Wildman–Crippen MR) is 290 cm³/mol. The molecule has 19 heteroatoms. The number of hydrogen-bond donors (Lipinski definition) is 3. The number of amides is 1. The van der Waals surface area contributed by atoms with Gasteiger partial charge in [-0.05, 0) is 111 Å². The molecule has 0 bridgehead atoms. The van der Waals surface area contributed by atoms with E-state index in [-0.39, 0.29) is 29.1 Å². The number of carbonyl (C=O) groups is 1. The fraction of sp³-hybridized carbons (Fsp3) is 0.364. The Morgan fingerprint density at radius 3 is 1.89 bits per heavy atom. The number of nitrogens with one attached hydrogen (secondary N) is 3. The van der Waals surface area contributed by atoms with Crippen LogP contribution < -0.4 is 31.6 Å². The fourth-order valence-electron chi connectivity index (χ4n) is 10.5. The largest absolute Gasteiger partial charge is 0.354 e. The number of halogens is 2. The highest BCUT2D eigenvalue weighted by molar-refractivity contribution is 6.34. The first-order valence-electron chi connectivity index (χ1n) is 25.3. The smallest absolute Gasteiger partial charge is 0.260 e. The second kappa shape index (κ2) is 21.3. The number of pyridine rings is 2. The van der Waals surface area contributed by atoms with E-state index < -0.39 is 6.04 Å². The van der Waals surface area contributed by atoms with Gasteiger partial charge in [-0.2, -0.15) is 14.5 Å². The number of anilines is 2.